The first-order chi connectivity index (χ1) is 47.7. The number of carbonyl (C=O) groups excluding carboxylic acids is 7. The van der Waals surface area contributed by atoms with E-state index in [1.807, 2.05) is 13.8 Å². The van der Waals surface area contributed by atoms with Crippen LogP contribution in [0.1, 0.15) is 98.2 Å². The van der Waals surface area contributed by atoms with Crippen molar-refractivity contribution in [2.75, 3.05) is 13.7 Å². The van der Waals surface area contributed by atoms with Gasteiger partial charge in [-0.2, -0.15) is 0 Å². The van der Waals surface area contributed by atoms with Crippen molar-refractivity contribution >= 4 is 70.5 Å². The summed E-state index contributed by atoms with van der Waals surface area (Å²) in [5.74, 6) is -16.3. The van der Waals surface area contributed by atoms with E-state index in [9.17, 15) is 80.1 Å². The summed E-state index contributed by atoms with van der Waals surface area (Å²) >= 11 is 14.1. The number of fused-ring (bicyclic) bond motifs is 15. The molecule has 0 saturated carbocycles. The number of hydrogen-bond donors (Lipinski definition) is 20. The van der Waals surface area contributed by atoms with Gasteiger partial charge in [0, 0.05) is 34.7 Å². The van der Waals surface area contributed by atoms with Crippen LogP contribution in [0.25, 0.3) is 11.1 Å². The van der Waals surface area contributed by atoms with E-state index in [0.717, 1.165) is 72.8 Å². The maximum atomic E-state index is 16.0. The Kier molecular flexibility index (Phi) is 22.2. The summed E-state index contributed by atoms with van der Waals surface area (Å²) in [7, 11) is 1.46. The van der Waals surface area contributed by atoms with Gasteiger partial charge in [0.2, 0.25) is 53.4 Å². The van der Waals surface area contributed by atoms with Crippen molar-refractivity contribution in [2.24, 2.45) is 17.4 Å². The number of ether oxygens (including phenoxy) is 6. The van der Waals surface area contributed by atoms with Crippen molar-refractivity contribution in [1.82, 2.24) is 37.2 Å². The third-order valence-corrected chi connectivity index (χ3v) is 18.1. The summed E-state index contributed by atoms with van der Waals surface area (Å²) in [5, 5.41) is 141. The molecule has 5 aromatic carbocycles. The molecule has 22 N–H and O–H groups in total. The van der Waals surface area contributed by atoms with Crippen LogP contribution in [-0.4, -0.2) is 196 Å². The molecule has 7 heterocycles. The van der Waals surface area contributed by atoms with Crippen LogP contribution in [0.5, 0.6) is 46.0 Å². The number of carboxylic acids is 1. The number of phenols is 3. The van der Waals surface area contributed by atoms with Gasteiger partial charge in [0.05, 0.1) is 29.1 Å². The molecule has 101 heavy (non-hydrogen) atoms. The Morgan fingerprint density at radius 1 is 0.703 bits per heavy atom. The standard InChI is InChI=1S/C65H73Cl2N9O25/c1-22(2)11-32(70-4)56(87)75-47-49(82)24-6-9-36(30(66)13-24)96-38-15-26-16-39(53(38)101-64-54(52(85)51(84)40(21-77)98-64)99-42-20-65(3,69)55(86)63(95)100-42)97-37-10-7-25(14-31(37)67)50(83)48-61(92)74-46(62(93)94)29-17-27(78)18-35(80)43(29)28-12-23(5-8-34(28)79)44(58(89)76-48)73-59(90)45(26)72-57(88)33(19-41(68)81)71-60(47)91/h5-10,12-18,22,32-33,40,42,44-52,54-55,63-64,70,77-80,82-86,95H,11,19-21,69H2,1-4H3,(H2,68,81)(H,71,91)(H,72,88)(H,73,90)(H,74,92)(H,75,87)(H,76,89)(H,93,94)/t32-,33+,40+,42-,44-,45-,46-,47-,48+,49-,50-,51+,52-,54+,55-,63-,64-,65+/m1/s1. The molecular formula is C65H73Cl2N9O25. The van der Waals surface area contributed by atoms with E-state index in [1.165, 1.54) is 20.0 Å². The second kappa shape index (κ2) is 30.1. The van der Waals surface area contributed by atoms with Crippen LogP contribution < -0.4 is 62.9 Å². The minimum Gasteiger partial charge on any atom is -0.508 e. The van der Waals surface area contributed by atoms with Gasteiger partial charge in [-0.25, -0.2) is 4.79 Å². The maximum absolute atomic E-state index is 16.0. The molecule has 0 aliphatic carbocycles. The molecule has 36 heteroatoms. The molecule has 2 saturated heterocycles. The number of carboxylic acid groups (broad SMARTS) is 1. The molecule has 0 aromatic heterocycles. The van der Waals surface area contributed by atoms with Gasteiger partial charge >= 0.3 is 5.97 Å². The van der Waals surface area contributed by atoms with Crippen molar-refractivity contribution in [3.8, 4) is 57.1 Å². The molecule has 542 valence electrons. The zero-order chi connectivity index (χ0) is 73.5. The van der Waals surface area contributed by atoms with Crippen LogP contribution in [0.3, 0.4) is 0 Å². The highest BCUT2D eigenvalue weighted by atomic mass is 35.5. The van der Waals surface area contributed by atoms with Crippen molar-refractivity contribution < 1.29 is 123 Å². The van der Waals surface area contributed by atoms with Gasteiger partial charge in [0.1, 0.15) is 95.6 Å². The summed E-state index contributed by atoms with van der Waals surface area (Å²) in [4.78, 5) is 117. The molecule has 0 radical (unpaired) electrons. The molecule has 5 aromatic rings. The number of halogens is 2. The minimum atomic E-state index is -2.37. The Balaban J connectivity index is 1.24. The van der Waals surface area contributed by atoms with Crippen molar-refractivity contribution in [3.63, 3.8) is 0 Å². The summed E-state index contributed by atoms with van der Waals surface area (Å²) in [6.45, 7) is 3.95. The molecule has 7 amide bonds. The first-order valence-corrected chi connectivity index (χ1v) is 32.1. The smallest absolute Gasteiger partial charge is 0.330 e. The van der Waals surface area contributed by atoms with Crippen LogP contribution in [0.15, 0.2) is 78.9 Å². The molecule has 34 nitrogen and oxygen atoms in total. The van der Waals surface area contributed by atoms with Gasteiger partial charge < -0.3 is 133 Å². The highest BCUT2D eigenvalue weighted by Crippen LogP contribution is 2.50. The monoisotopic (exact) mass is 1450 g/mol. The van der Waals surface area contributed by atoms with Crippen LogP contribution >= 0.6 is 23.2 Å². The fraction of sp³-hybridized carbons (Fsp3) is 0.415. The Morgan fingerprint density at radius 3 is 1.89 bits per heavy atom. The normalized spacial score (nSPS) is 29.4. The lowest BCUT2D eigenvalue weighted by atomic mass is 9.89. The number of primary amides is 1. The minimum absolute atomic E-state index is 0.106. The highest BCUT2D eigenvalue weighted by Gasteiger charge is 2.52. The van der Waals surface area contributed by atoms with Crippen molar-refractivity contribution in [3.05, 3.63) is 117 Å². The van der Waals surface area contributed by atoms with Gasteiger partial charge in [-0.1, -0.05) is 55.2 Å². The van der Waals surface area contributed by atoms with Crippen molar-refractivity contribution in [1.29, 1.82) is 0 Å². The molecule has 2 fully saturated rings. The Bertz CT molecular complexity index is 4080. The molecule has 11 bridgehead atoms. The predicted octanol–water partition coefficient (Wildman–Crippen LogP) is -0.964. The number of nitrogens with one attached hydrogen (secondary N) is 7. The lowest BCUT2D eigenvalue weighted by molar-refractivity contribution is -0.354. The second-order valence-corrected chi connectivity index (χ2v) is 26.2. The van der Waals surface area contributed by atoms with Gasteiger partial charge in [0.15, 0.2) is 36.2 Å². The molecule has 12 rings (SSSR count). The lowest BCUT2D eigenvalue weighted by Crippen LogP contribution is -2.65. The summed E-state index contributed by atoms with van der Waals surface area (Å²) in [6.07, 6.45) is -20.8. The number of aromatic hydroxyl groups is 3. The highest BCUT2D eigenvalue weighted by molar-refractivity contribution is 6.32. The van der Waals surface area contributed by atoms with E-state index in [2.05, 4.69) is 37.2 Å². The quantitative estimate of drug-likeness (QED) is 0.0675. The average molecular weight is 1450 g/mol. The number of amides is 7. The predicted molar refractivity (Wildman–Crippen MR) is 346 cm³/mol. The van der Waals surface area contributed by atoms with Gasteiger partial charge in [-0.05, 0) is 103 Å². The topological polar surface area (TPSA) is 551 Å². The van der Waals surface area contributed by atoms with Crippen LogP contribution in [0, 0.1) is 5.92 Å². The van der Waals surface area contributed by atoms with Gasteiger partial charge in [-0.3, -0.25) is 33.6 Å². The third-order valence-electron chi connectivity index (χ3n) is 17.5. The SMILES string of the molecule is CN[C@H](CC(C)C)C(=O)N[C@H]1C(=O)N[C@@H](CC(N)=O)C(=O)N[C@H]2C(=O)N[C@H]3C(=O)N[C@H](C(=O)N[C@@H](C(=O)O)c4cc(O)cc(O)c4-c4cc3ccc4O)[C@H](O)c3ccc(c(Cl)c3)Oc3cc2cc(c3O[C@H]2O[C@@H](CO)[C@H](O)[C@@H](O)[C@@H]2O[C@H]2C[C@](C)(N)[C@H](O)[C@H](O)O2)Oc2ccc(cc2Cl)[C@H]1O. The van der Waals surface area contributed by atoms with Crippen LogP contribution in [-0.2, 0) is 52.6 Å². The molecule has 0 spiro atoms. The lowest BCUT2D eigenvalue weighted by Gasteiger charge is -2.46. The van der Waals surface area contributed by atoms with E-state index in [0.29, 0.717) is 0 Å². The Hall–Kier alpha value is -9.24. The first-order valence-electron chi connectivity index (χ1n) is 31.3. The summed E-state index contributed by atoms with van der Waals surface area (Å²) < 4.78 is 37.5. The van der Waals surface area contributed by atoms with Crippen molar-refractivity contribution in [2.45, 2.75) is 149 Å². The largest absolute Gasteiger partial charge is 0.508 e. The number of likely N-dealkylation sites (N-methyl/N-ethyl adjacent to an activating group) is 1. The number of aliphatic hydroxyl groups excluding tert-OH is 7. The number of rotatable bonds is 13. The van der Waals surface area contributed by atoms with E-state index >= 15 is 14.4 Å². The fourth-order valence-corrected chi connectivity index (χ4v) is 12.7. The number of aliphatic carboxylic acids is 1. The zero-order valence-corrected chi connectivity index (χ0v) is 55.3. The number of hydrogen-bond acceptors (Lipinski definition) is 26. The fourth-order valence-electron chi connectivity index (χ4n) is 12.2. The average Bonchev–Trinajstić information content (AvgIpc) is 0.775. The Labute approximate surface area is 582 Å². The van der Waals surface area contributed by atoms with E-state index in [-0.39, 0.29) is 39.8 Å². The van der Waals surface area contributed by atoms with E-state index in [4.69, 9.17) is 63.1 Å². The van der Waals surface area contributed by atoms with Gasteiger partial charge in [-0.15, -0.1) is 0 Å². The molecule has 18 atom stereocenters. The van der Waals surface area contributed by atoms with E-state index < -0.39 is 244 Å². The number of aliphatic hydroxyl groups is 7. The summed E-state index contributed by atoms with van der Waals surface area (Å²) in [6, 6.07) is -1.03. The zero-order valence-electron chi connectivity index (χ0n) is 53.8. The van der Waals surface area contributed by atoms with Crippen LogP contribution in [0.4, 0.5) is 0 Å². The number of phenolic OH excluding ortho intramolecular Hbond substituents is 3. The third kappa shape index (κ3) is 15.8. The summed E-state index contributed by atoms with van der Waals surface area (Å²) in [5.41, 5.74) is 7.48. The first kappa shape index (κ1) is 74.5. The number of carbonyl (C=O) groups is 8. The van der Waals surface area contributed by atoms with Crippen LogP contribution in [0.2, 0.25) is 10.0 Å². The second-order valence-electron chi connectivity index (χ2n) is 25.4. The molecule has 7 aliphatic rings. The molecule has 7 aliphatic heterocycles. The Morgan fingerprint density at radius 2 is 1.31 bits per heavy atom. The van der Waals surface area contributed by atoms with E-state index in [1.54, 1.807) is 0 Å². The molecule has 0 unspecified atom stereocenters. The number of benzene rings is 5. The number of nitrogens with two attached hydrogens (primary N) is 2. The molecular weight excluding hydrogens is 1380 g/mol. The maximum Gasteiger partial charge on any atom is 0.330 e. The van der Waals surface area contributed by atoms with Gasteiger partial charge in [0.25, 0.3) is 0 Å².